The van der Waals surface area contributed by atoms with Crippen molar-refractivity contribution < 1.29 is 9.90 Å². The number of carbonyl (C=O) groups is 1. The average molecular weight is 399 g/mol. The Labute approximate surface area is 176 Å². The highest BCUT2D eigenvalue weighted by atomic mass is 16.4. The molecule has 152 valence electrons. The lowest BCUT2D eigenvalue weighted by Gasteiger charge is -2.27. The van der Waals surface area contributed by atoms with Crippen molar-refractivity contribution in [1.82, 2.24) is 10.7 Å². The van der Waals surface area contributed by atoms with Gasteiger partial charge >= 0.3 is 5.97 Å². The first-order valence-electron chi connectivity index (χ1n) is 10.2. The molecular weight excluding hydrogens is 374 g/mol. The summed E-state index contributed by atoms with van der Waals surface area (Å²) in [5.41, 5.74) is 8.73. The van der Waals surface area contributed by atoms with Crippen LogP contribution in [0.2, 0.25) is 0 Å². The number of aliphatic carboxylic acids is 1. The number of carboxylic acid groups (broad SMARTS) is 1. The second-order valence-electron chi connectivity index (χ2n) is 7.54. The van der Waals surface area contributed by atoms with Crippen molar-refractivity contribution in [3.8, 4) is 22.3 Å². The van der Waals surface area contributed by atoms with Gasteiger partial charge in [-0.2, -0.15) is 5.10 Å². The SMILES string of the molecule is O=C(O)[C@H]1CNC[C@@H](N/N=C/c2ccccc2-c2ccc(-c3ccccc3)cc2)C1. The van der Waals surface area contributed by atoms with Gasteiger partial charge in [0.05, 0.1) is 18.2 Å². The van der Waals surface area contributed by atoms with Crippen molar-refractivity contribution in [2.24, 2.45) is 11.0 Å². The Kier molecular flexibility index (Phi) is 6.20. The molecule has 3 aromatic carbocycles. The number of nitrogens with zero attached hydrogens (tertiary/aromatic N) is 1. The molecule has 0 radical (unpaired) electrons. The van der Waals surface area contributed by atoms with Crippen LogP contribution in [0, 0.1) is 5.92 Å². The van der Waals surface area contributed by atoms with Gasteiger partial charge in [-0.15, -0.1) is 0 Å². The fourth-order valence-corrected chi connectivity index (χ4v) is 3.79. The zero-order valence-electron chi connectivity index (χ0n) is 16.7. The van der Waals surface area contributed by atoms with Crippen LogP contribution in [-0.4, -0.2) is 36.4 Å². The largest absolute Gasteiger partial charge is 0.481 e. The minimum atomic E-state index is -0.762. The summed E-state index contributed by atoms with van der Waals surface area (Å²) in [6.07, 6.45) is 2.38. The third-order valence-corrected chi connectivity index (χ3v) is 5.42. The predicted molar refractivity (Wildman–Crippen MR) is 120 cm³/mol. The topological polar surface area (TPSA) is 73.7 Å². The molecule has 0 saturated carbocycles. The van der Waals surface area contributed by atoms with Gasteiger partial charge in [0, 0.05) is 18.7 Å². The number of hydrazone groups is 1. The lowest BCUT2D eigenvalue weighted by Crippen LogP contribution is -2.47. The predicted octanol–water partition coefficient (Wildman–Crippen LogP) is 4.01. The van der Waals surface area contributed by atoms with E-state index in [4.69, 9.17) is 0 Å². The first-order valence-corrected chi connectivity index (χ1v) is 10.2. The van der Waals surface area contributed by atoms with E-state index in [0.29, 0.717) is 19.5 Å². The molecule has 5 heteroatoms. The molecule has 0 aromatic heterocycles. The van der Waals surface area contributed by atoms with Gasteiger partial charge in [0.2, 0.25) is 0 Å². The van der Waals surface area contributed by atoms with Gasteiger partial charge in [-0.1, -0.05) is 78.9 Å². The number of carboxylic acids is 1. The number of hydrogen-bond acceptors (Lipinski definition) is 4. The molecule has 0 spiro atoms. The van der Waals surface area contributed by atoms with Crippen molar-refractivity contribution in [2.75, 3.05) is 13.1 Å². The molecule has 1 aliphatic heterocycles. The van der Waals surface area contributed by atoms with Crippen molar-refractivity contribution in [2.45, 2.75) is 12.5 Å². The highest BCUT2D eigenvalue weighted by Gasteiger charge is 2.26. The van der Waals surface area contributed by atoms with Crippen LogP contribution in [0.1, 0.15) is 12.0 Å². The highest BCUT2D eigenvalue weighted by Crippen LogP contribution is 2.26. The lowest BCUT2D eigenvalue weighted by atomic mass is 9.96. The monoisotopic (exact) mass is 399 g/mol. The van der Waals surface area contributed by atoms with Crippen LogP contribution in [0.25, 0.3) is 22.3 Å². The minimum absolute atomic E-state index is 0.00779. The number of hydrogen-bond donors (Lipinski definition) is 3. The van der Waals surface area contributed by atoms with Crippen molar-refractivity contribution in [1.29, 1.82) is 0 Å². The van der Waals surface area contributed by atoms with E-state index in [1.54, 1.807) is 0 Å². The maximum Gasteiger partial charge on any atom is 0.307 e. The highest BCUT2D eigenvalue weighted by molar-refractivity contribution is 5.90. The number of benzene rings is 3. The Morgan fingerprint density at radius 2 is 1.57 bits per heavy atom. The minimum Gasteiger partial charge on any atom is -0.481 e. The molecule has 0 unspecified atom stereocenters. The molecule has 0 bridgehead atoms. The molecule has 4 rings (SSSR count). The average Bonchev–Trinajstić information content (AvgIpc) is 2.80. The number of rotatable bonds is 6. The summed E-state index contributed by atoms with van der Waals surface area (Å²) in [5, 5.41) is 16.8. The van der Waals surface area contributed by atoms with E-state index in [1.807, 2.05) is 42.6 Å². The number of nitrogens with one attached hydrogen (secondary N) is 2. The molecule has 30 heavy (non-hydrogen) atoms. The third-order valence-electron chi connectivity index (χ3n) is 5.42. The van der Waals surface area contributed by atoms with E-state index in [1.165, 1.54) is 11.1 Å². The Balaban J connectivity index is 1.47. The Morgan fingerprint density at radius 1 is 0.900 bits per heavy atom. The van der Waals surface area contributed by atoms with Crippen LogP contribution >= 0.6 is 0 Å². The summed E-state index contributed by atoms with van der Waals surface area (Å²) in [5.74, 6) is -1.14. The molecule has 2 atom stereocenters. The summed E-state index contributed by atoms with van der Waals surface area (Å²) in [7, 11) is 0. The summed E-state index contributed by atoms with van der Waals surface area (Å²) >= 11 is 0. The van der Waals surface area contributed by atoms with Gasteiger partial charge in [-0.25, -0.2) is 0 Å². The quantitative estimate of drug-likeness (QED) is 0.433. The summed E-state index contributed by atoms with van der Waals surface area (Å²) in [6, 6.07) is 27.0. The molecule has 3 N–H and O–H groups in total. The van der Waals surface area contributed by atoms with E-state index in [2.05, 4.69) is 58.3 Å². The maximum atomic E-state index is 11.2. The first kappa shape index (κ1) is 19.9. The fourth-order valence-electron chi connectivity index (χ4n) is 3.79. The van der Waals surface area contributed by atoms with E-state index < -0.39 is 5.97 Å². The number of piperidine rings is 1. The van der Waals surface area contributed by atoms with E-state index in [-0.39, 0.29) is 12.0 Å². The molecule has 3 aromatic rings. The summed E-state index contributed by atoms with van der Waals surface area (Å²) in [4.78, 5) is 11.2. The zero-order chi connectivity index (χ0) is 20.8. The summed E-state index contributed by atoms with van der Waals surface area (Å²) < 4.78 is 0. The van der Waals surface area contributed by atoms with Gasteiger partial charge in [-0.3, -0.25) is 4.79 Å². The van der Waals surface area contributed by atoms with Gasteiger partial charge < -0.3 is 15.8 Å². The van der Waals surface area contributed by atoms with Crippen molar-refractivity contribution >= 4 is 12.2 Å². The van der Waals surface area contributed by atoms with E-state index in [0.717, 1.165) is 16.7 Å². The molecular formula is C25H25N3O2. The lowest BCUT2D eigenvalue weighted by molar-refractivity contribution is -0.142. The molecule has 1 saturated heterocycles. The second kappa shape index (κ2) is 9.37. The van der Waals surface area contributed by atoms with Gasteiger partial charge in [0.25, 0.3) is 0 Å². The smallest absolute Gasteiger partial charge is 0.307 e. The molecule has 0 aliphatic carbocycles. The zero-order valence-corrected chi connectivity index (χ0v) is 16.7. The standard InChI is InChI=1S/C25H25N3O2/c29-25(30)22-14-23(17-26-15-22)28-27-16-21-8-4-5-9-24(21)20-12-10-19(11-13-20)18-6-2-1-3-7-18/h1-13,16,22-23,26,28H,14-15,17H2,(H,29,30)/b27-16+/t22-,23+/m1/s1. The van der Waals surface area contributed by atoms with E-state index in [9.17, 15) is 9.90 Å². The molecule has 5 nitrogen and oxygen atoms in total. The van der Waals surface area contributed by atoms with Gasteiger partial charge in [0.15, 0.2) is 0 Å². The van der Waals surface area contributed by atoms with Crippen molar-refractivity contribution in [3.63, 3.8) is 0 Å². The van der Waals surface area contributed by atoms with Gasteiger partial charge in [-0.05, 0) is 28.7 Å². The summed E-state index contributed by atoms with van der Waals surface area (Å²) in [6.45, 7) is 1.22. The first-order chi connectivity index (χ1) is 14.7. The Bertz CT molecular complexity index is 1020. The van der Waals surface area contributed by atoms with Crippen LogP contribution in [0.5, 0.6) is 0 Å². The molecule has 1 fully saturated rings. The maximum absolute atomic E-state index is 11.2. The van der Waals surface area contributed by atoms with Crippen molar-refractivity contribution in [3.05, 3.63) is 84.4 Å². The fraction of sp³-hybridized carbons (Fsp3) is 0.200. The molecule has 1 aliphatic rings. The van der Waals surface area contributed by atoms with Crippen LogP contribution in [0.4, 0.5) is 0 Å². The van der Waals surface area contributed by atoms with Crippen LogP contribution < -0.4 is 10.7 Å². The normalized spacial score (nSPS) is 18.9. The second-order valence-corrected chi connectivity index (χ2v) is 7.54. The van der Waals surface area contributed by atoms with Crippen LogP contribution in [0.15, 0.2) is 84.0 Å². The Hall–Kier alpha value is -3.44. The van der Waals surface area contributed by atoms with E-state index >= 15 is 0 Å². The Morgan fingerprint density at radius 3 is 2.33 bits per heavy atom. The molecule has 1 heterocycles. The van der Waals surface area contributed by atoms with Gasteiger partial charge in [0.1, 0.15) is 0 Å². The molecule has 0 amide bonds. The van der Waals surface area contributed by atoms with Crippen LogP contribution in [-0.2, 0) is 4.79 Å². The van der Waals surface area contributed by atoms with Crippen LogP contribution in [0.3, 0.4) is 0 Å². The third kappa shape index (κ3) is 4.75.